The van der Waals surface area contributed by atoms with Gasteiger partial charge in [0, 0.05) is 17.8 Å². The molecule has 0 bridgehead atoms. The minimum atomic E-state index is 0.115. The highest BCUT2D eigenvalue weighted by Gasteiger charge is 2.27. The van der Waals surface area contributed by atoms with Crippen LogP contribution in [0.25, 0.3) is 11.0 Å². The first-order valence-corrected chi connectivity index (χ1v) is 7.63. The molecule has 0 fully saturated rings. The van der Waals surface area contributed by atoms with E-state index >= 15 is 0 Å². The van der Waals surface area contributed by atoms with Gasteiger partial charge in [0.1, 0.15) is 5.82 Å². The van der Waals surface area contributed by atoms with Gasteiger partial charge in [-0.05, 0) is 44.4 Å². The van der Waals surface area contributed by atoms with Gasteiger partial charge in [-0.3, -0.25) is 0 Å². The molecular formula is C16H23ClN2. The Kier molecular flexibility index (Phi) is 4.19. The first kappa shape index (κ1) is 14.4. The van der Waals surface area contributed by atoms with Crippen molar-refractivity contribution in [3.8, 4) is 0 Å². The standard InChI is InChI=1S/C16H23ClN2/c1-5-16(4,6-2)19-14-11-12(3)7-8-13(14)18-15(19)9-10-17/h7-8,11H,5-6,9-10H2,1-4H3. The Labute approximate surface area is 120 Å². The number of imidazole rings is 1. The number of hydrogen-bond donors (Lipinski definition) is 0. The van der Waals surface area contributed by atoms with Crippen molar-refractivity contribution in [3.05, 3.63) is 29.6 Å². The first-order valence-electron chi connectivity index (χ1n) is 7.10. The van der Waals surface area contributed by atoms with E-state index in [0.29, 0.717) is 5.88 Å². The van der Waals surface area contributed by atoms with Gasteiger partial charge in [0.2, 0.25) is 0 Å². The van der Waals surface area contributed by atoms with E-state index in [9.17, 15) is 0 Å². The van der Waals surface area contributed by atoms with Crippen molar-refractivity contribution in [2.24, 2.45) is 0 Å². The van der Waals surface area contributed by atoms with Crippen molar-refractivity contribution in [1.82, 2.24) is 9.55 Å². The monoisotopic (exact) mass is 278 g/mol. The number of alkyl halides is 1. The minimum absolute atomic E-state index is 0.115. The molecule has 2 nitrogen and oxygen atoms in total. The molecule has 0 aliphatic carbocycles. The fraction of sp³-hybridized carbons (Fsp3) is 0.562. The van der Waals surface area contributed by atoms with Crippen LogP contribution in [-0.4, -0.2) is 15.4 Å². The van der Waals surface area contributed by atoms with Gasteiger partial charge < -0.3 is 4.57 Å². The maximum absolute atomic E-state index is 5.95. The lowest BCUT2D eigenvalue weighted by atomic mass is 9.94. The van der Waals surface area contributed by atoms with E-state index in [2.05, 4.69) is 50.5 Å². The molecule has 3 heteroatoms. The van der Waals surface area contributed by atoms with Crippen LogP contribution >= 0.6 is 11.6 Å². The van der Waals surface area contributed by atoms with Gasteiger partial charge in [0.15, 0.2) is 0 Å². The summed E-state index contributed by atoms with van der Waals surface area (Å²) in [4.78, 5) is 4.78. The third-order valence-corrected chi connectivity index (χ3v) is 4.45. The molecule has 2 rings (SSSR count). The molecule has 0 amide bonds. The van der Waals surface area contributed by atoms with E-state index in [4.69, 9.17) is 16.6 Å². The quantitative estimate of drug-likeness (QED) is 0.727. The summed E-state index contributed by atoms with van der Waals surface area (Å²) in [6.07, 6.45) is 3.02. The number of halogens is 1. The molecule has 0 saturated heterocycles. The molecule has 0 unspecified atom stereocenters. The van der Waals surface area contributed by atoms with Gasteiger partial charge in [-0.15, -0.1) is 11.6 Å². The maximum atomic E-state index is 5.95. The van der Waals surface area contributed by atoms with Crippen LogP contribution in [0.1, 0.15) is 45.0 Å². The topological polar surface area (TPSA) is 17.8 Å². The fourth-order valence-electron chi connectivity index (χ4n) is 2.66. The Morgan fingerprint density at radius 3 is 2.53 bits per heavy atom. The third kappa shape index (κ3) is 2.51. The van der Waals surface area contributed by atoms with Crippen molar-refractivity contribution in [2.45, 2.75) is 52.5 Å². The number of aryl methyl sites for hydroxylation is 2. The van der Waals surface area contributed by atoms with Gasteiger partial charge in [-0.1, -0.05) is 19.9 Å². The summed E-state index contributed by atoms with van der Waals surface area (Å²) in [7, 11) is 0. The normalized spacial score (nSPS) is 12.3. The van der Waals surface area contributed by atoms with Gasteiger partial charge >= 0.3 is 0 Å². The van der Waals surface area contributed by atoms with Crippen LogP contribution in [-0.2, 0) is 12.0 Å². The fourth-order valence-corrected chi connectivity index (χ4v) is 2.83. The number of hydrogen-bond acceptors (Lipinski definition) is 1. The zero-order valence-electron chi connectivity index (χ0n) is 12.3. The summed E-state index contributed by atoms with van der Waals surface area (Å²) in [5.41, 5.74) is 3.72. The van der Waals surface area contributed by atoms with E-state index in [1.54, 1.807) is 0 Å². The molecule has 1 aromatic heterocycles. The molecule has 0 saturated carbocycles. The summed E-state index contributed by atoms with van der Waals surface area (Å²) in [5, 5.41) is 0. The van der Waals surface area contributed by atoms with Crippen LogP contribution in [0.15, 0.2) is 18.2 Å². The summed E-state index contributed by atoms with van der Waals surface area (Å²) in [6.45, 7) is 8.94. The molecule has 0 spiro atoms. The Morgan fingerprint density at radius 2 is 1.95 bits per heavy atom. The van der Waals surface area contributed by atoms with E-state index in [-0.39, 0.29) is 5.54 Å². The highest BCUT2D eigenvalue weighted by molar-refractivity contribution is 6.17. The zero-order chi connectivity index (χ0) is 14.0. The van der Waals surface area contributed by atoms with Crippen LogP contribution in [0, 0.1) is 6.92 Å². The predicted molar refractivity (Wildman–Crippen MR) is 83.1 cm³/mol. The van der Waals surface area contributed by atoms with Crippen LogP contribution < -0.4 is 0 Å². The number of aromatic nitrogens is 2. The molecule has 0 N–H and O–H groups in total. The molecule has 0 atom stereocenters. The second-order valence-corrected chi connectivity index (χ2v) is 5.88. The lowest BCUT2D eigenvalue weighted by Gasteiger charge is -2.31. The van der Waals surface area contributed by atoms with Gasteiger partial charge in [-0.2, -0.15) is 0 Å². The SMILES string of the molecule is CCC(C)(CC)n1c(CCCl)nc2ccc(C)cc21. The van der Waals surface area contributed by atoms with Crippen molar-refractivity contribution < 1.29 is 0 Å². The highest BCUT2D eigenvalue weighted by atomic mass is 35.5. The molecule has 19 heavy (non-hydrogen) atoms. The van der Waals surface area contributed by atoms with Crippen molar-refractivity contribution in [1.29, 1.82) is 0 Å². The van der Waals surface area contributed by atoms with Crippen LogP contribution in [0.5, 0.6) is 0 Å². The molecule has 104 valence electrons. The molecule has 1 heterocycles. The van der Waals surface area contributed by atoms with Crippen LogP contribution in [0.2, 0.25) is 0 Å². The maximum Gasteiger partial charge on any atom is 0.111 e. The smallest absolute Gasteiger partial charge is 0.111 e. The summed E-state index contributed by atoms with van der Waals surface area (Å²) in [5.74, 6) is 1.73. The molecular weight excluding hydrogens is 256 g/mol. The Bertz CT molecular complexity index is 567. The molecule has 0 radical (unpaired) electrons. The second kappa shape index (κ2) is 5.54. The number of benzene rings is 1. The van der Waals surface area contributed by atoms with E-state index in [1.165, 1.54) is 11.1 Å². The van der Waals surface area contributed by atoms with Gasteiger partial charge in [0.25, 0.3) is 0 Å². The molecule has 0 aliphatic rings. The number of rotatable bonds is 5. The van der Waals surface area contributed by atoms with Crippen molar-refractivity contribution >= 4 is 22.6 Å². The molecule has 2 aromatic rings. The Balaban J connectivity index is 2.73. The average Bonchev–Trinajstić information content (AvgIpc) is 2.76. The van der Waals surface area contributed by atoms with Gasteiger partial charge in [-0.25, -0.2) is 4.98 Å². The number of nitrogens with zero attached hydrogens (tertiary/aromatic N) is 2. The molecule has 0 aliphatic heterocycles. The Hall–Kier alpha value is -1.02. The highest BCUT2D eigenvalue weighted by Crippen LogP contribution is 2.31. The van der Waals surface area contributed by atoms with Crippen LogP contribution in [0.3, 0.4) is 0 Å². The third-order valence-electron chi connectivity index (χ3n) is 4.26. The average molecular weight is 279 g/mol. The second-order valence-electron chi connectivity index (χ2n) is 5.50. The summed E-state index contributed by atoms with van der Waals surface area (Å²) in [6, 6.07) is 6.48. The largest absolute Gasteiger partial charge is 0.322 e. The Morgan fingerprint density at radius 1 is 1.26 bits per heavy atom. The van der Waals surface area contributed by atoms with E-state index in [0.717, 1.165) is 30.6 Å². The van der Waals surface area contributed by atoms with E-state index in [1.807, 2.05) is 0 Å². The van der Waals surface area contributed by atoms with Crippen molar-refractivity contribution in [3.63, 3.8) is 0 Å². The van der Waals surface area contributed by atoms with Crippen molar-refractivity contribution in [2.75, 3.05) is 5.88 Å². The zero-order valence-corrected chi connectivity index (χ0v) is 13.1. The lowest BCUT2D eigenvalue weighted by Crippen LogP contribution is -2.30. The summed E-state index contributed by atoms with van der Waals surface area (Å²) >= 11 is 5.95. The lowest BCUT2D eigenvalue weighted by molar-refractivity contribution is 0.294. The first-order chi connectivity index (χ1) is 9.05. The van der Waals surface area contributed by atoms with E-state index < -0.39 is 0 Å². The minimum Gasteiger partial charge on any atom is -0.322 e. The number of fused-ring (bicyclic) bond motifs is 1. The molecule has 1 aromatic carbocycles. The van der Waals surface area contributed by atoms with Crippen LogP contribution in [0.4, 0.5) is 0 Å². The van der Waals surface area contributed by atoms with Gasteiger partial charge in [0.05, 0.1) is 11.0 Å². The predicted octanol–water partition coefficient (Wildman–Crippen LogP) is 4.66. The summed E-state index contributed by atoms with van der Waals surface area (Å²) < 4.78 is 2.41.